The summed E-state index contributed by atoms with van der Waals surface area (Å²) in [5.74, 6) is 0.669. The lowest BCUT2D eigenvalue weighted by Crippen LogP contribution is -1.97. The van der Waals surface area contributed by atoms with Crippen molar-refractivity contribution >= 4 is 32.6 Å². The van der Waals surface area contributed by atoms with Gasteiger partial charge in [0.25, 0.3) is 0 Å². The van der Waals surface area contributed by atoms with Crippen LogP contribution in [0.3, 0.4) is 0 Å². The second-order valence-corrected chi connectivity index (χ2v) is 13.3. The molecule has 0 aliphatic carbocycles. The van der Waals surface area contributed by atoms with Crippen molar-refractivity contribution in [3.8, 4) is 62.0 Å². The number of hydrogen-bond donors (Lipinski definition) is 0. The second kappa shape index (κ2) is 12.9. The standard InChI is InChI=1S/C49H32N4/c1-2-10-33(11-3-1)35-18-21-37(22-19-35)49-51-45(31-46(52-49)40-26-29-44(50-32-40)39-23-20-34-12-4-5-13-38(34)30-39)36-24-27-41(28-25-36)53-47-16-8-6-14-42(47)43-15-7-9-17-48(43)53/h1-32H. The molecule has 0 saturated carbocycles. The molecule has 0 amide bonds. The SMILES string of the molecule is c1ccc(-c2ccc(-c3nc(-c4ccc(-n5c6ccccc6c6ccccc65)cc4)cc(-c4ccc(-c5ccc6ccccc6c5)nc4)n3)cc2)cc1. The Labute approximate surface area is 307 Å². The van der Waals surface area contributed by atoms with E-state index >= 15 is 0 Å². The third-order valence-corrected chi connectivity index (χ3v) is 10.1. The van der Waals surface area contributed by atoms with E-state index in [0.717, 1.165) is 50.6 Å². The maximum atomic E-state index is 5.15. The molecule has 0 N–H and O–H groups in total. The number of hydrogen-bond acceptors (Lipinski definition) is 3. The quantitative estimate of drug-likeness (QED) is 0.176. The molecule has 10 rings (SSSR count). The van der Waals surface area contributed by atoms with E-state index in [0.29, 0.717) is 5.82 Å². The Morgan fingerprint density at radius 2 is 0.887 bits per heavy atom. The number of nitrogens with zero attached hydrogens (tertiary/aromatic N) is 4. The van der Waals surface area contributed by atoms with Gasteiger partial charge in [-0.2, -0.15) is 0 Å². The van der Waals surface area contributed by atoms with E-state index in [-0.39, 0.29) is 0 Å². The van der Waals surface area contributed by atoms with Crippen molar-refractivity contribution in [2.45, 2.75) is 0 Å². The van der Waals surface area contributed by atoms with Gasteiger partial charge in [0.1, 0.15) is 0 Å². The normalized spacial score (nSPS) is 11.4. The minimum absolute atomic E-state index is 0.669. The van der Waals surface area contributed by atoms with Gasteiger partial charge in [0.05, 0.1) is 28.1 Å². The summed E-state index contributed by atoms with van der Waals surface area (Å²) in [6.45, 7) is 0. The number of benzene rings is 7. The molecule has 0 aliphatic heterocycles. The highest BCUT2D eigenvalue weighted by atomic mass is 15.0. The summed E-state index contributed by atoms with van der Waals surface area (Å²) < 4.78 is 2.34. The average molecular weight is 677 g/mol. The number of aromatic nitrogens is 4. The zero-order valence-corrected chi connectivity index (χ0v) is 28.8. The summed E-state index contributed by atoms with van der Waals surface area (Å²) >= 11 is 0. The predicted molar refractivity (Wildman–Crippen MR) is 219 cm³/mol. The summed E-state index contributed by atoms with van der Waals surface area (Å²) in [6, 6.07) is 65.9. The van der Waals surface area contributed by atoms with Crippen LogP contribution >= 0.6 is 0 Å². The zero-order chi connectivity index (χ0) is 35.1. The van der Waals surface area contributed by atoms with Crippen molar-refractivity contribution in [2.75, 3.05) is 0 Å². The fraction of sp³-hybridized carbons (Fsp3) is 0. The van der Waals surface area contributed by atoms with E-state index in [1.807, 2.05) is 12.3 Å². The number of fused-ring (bicyclic) bond motifs is 4. The highest BCUT2D eigenvalue weighted by Crippen LogP contribution is 2.34. The molecule has 3 heterocycles. The minimum Gasteiger partial charge on any atom is -0.309 e. The lowest BCUT2D eigenvalue weighted by molar-refractivity contribution is 1.17. The summed E-state index contributed by atoms with van der Waals surface area (Å²) in [6.07, 6.45) is 1.92. The van der Waals surface area contributed by atoms with Crippen LogP contribution in [-0.4, -0.2) is 19.5 Å². The van der Waals surface area contributed by atoms with Gasteiger partial charge in [0, 0.05) is 44.9 Å². The summed E-state index contributed by atoms with van der Waals surface area (Å²) in [4.78, 5) is 15.2. The van der Waals surface area contributed by atoms with Crippen molar-refractivity contribution in [3.63, 3.8) is 0 Å². The molecule has 0 spiro atoms. The van der Waals surface area contributed by atoms with Gasteiger partial charge < -0.3 is 4.57 Å². The van der Waals surface area contributed by atoms with Crippen molar-refractivity contribution in [1.82, 2.24) is 19.5 Å². The Morgan fingerprint density at radius 3 is 1.58 bits per heavy atom. The smallest absolute Gasteiger partial charge is 0.160 e. The van der Waals surface area contributed by atoms with Crippen LogP contribution in [0.2, 0.25) is 0 Å². The van der Waals surface area contributed by atoms with Crippen LogP contribution in [0, 0.1) is 0 Å². The van der Waals surface area contributed by atoms with E-state index in [9.17, 15) is 0 Å². The van der Waals surface area contributed by atoms with Gasteiger partial charge >= 0.3 is 0 Å². The topological polar surface area (TPSA) is 43.6 Å². The Bertz CT molecular complexity index is 2860. The van der Waals surface area contributed by atoms with Crippen molar-refractivity contribution in [3.05, 3.63) is 194 Å². The molecule has 248 valence electrons. The molecule has 0 bridgehead atoms. The molecule has 3 aromatic heterocycles. The molecule has 10 aromatic rings. The van der Waals surface area contributed by atoms with Crippen LogP contribution in [-0.2, 0) is 0 Å². The molecular weight excluding hydrogens is 645 g/mol. The largest absolute Gasteiger partial charge is 0.309 e. The maximum absolute atomic E-state index is 5.15. The molecule has 4 nitrogen and oxygen atoms in total. The second-order valence-electron chi connectivity index (χ2n) is 13.3. The Balaban J connectivity index is 1.05. The lowest BCUT2D eigenvalue weighted by atomic mass is 10.0. The van der Waals surface area contributed by atoms with Gasteiger partial charge in [-0.1, -0.05) is 140 Å². The zero-order valence-electron chi connectivity index (χ0n) is 28.8. The molecule has 0 aliphatic rings. The van der Waals surface area contributed by atoms with Crippen LogP contribution in [0.15, 0.2) is 194 Å². The first-order chi connectivity index (χ1) is 26.2. The third-order valence-electron chi connectivity index (χ3n) is 10.1. The van der Waals surface area contributed by atoms with Gasteiger partial charge in [-0.15, -0.1) is 0 Å². The Morgan fingerprint density at radius 1 is 0.340 bits per heavy atom. The average Bonchev–Trinajstić information content (AvgIpc) is 3.58. The highest BCUT2D eigenvalue weighted by Gasteiger charge is 2.15. The van der Waals surface area contributed by atoms with Gasteiger partial charge in [0.2, 0.25) is 0 Å². The number of para-hydroxylation sites is 2. The molecule has 0 saturated heterocycles. The molecule has 0 radical (unpaired) electrons. The van der Waals surface area contributed by atoms with E-state index < -0.39 is 0 Å². The first-order valence-electron chi connectivity index (χ1n) is 17.8. The van der Waals surface area contributed by atoms with E-state index in [2.05, 4.69) is 187 Å². The van der Waals surface area contributed by atoms with Crippen molar-refractivity contribution in [1.29, 1.82) is 0 Å². The highest BCUT2D eigenvalue weighted by molar-refractivity contribution is 6.09. The van der Waals surface area contributed by atoms with Crippen LogP contribution in [0.4, 0.5) is 0 Å². The summed E-state index contributed by atoms with van der Waals surface area (Å²) in [7, 11) is 0. The van der Waals surface area contributed by atoms with Crippen LogP contribution in [0.25, 0.3) is 94.6 Å². The Hall–Kier alpha value is -7.17. The first-order valence-corrected chi connectivity index (χ1v) is 17.8. The molecule has 7 aromatic carbocycles. The van der Waals surface area contributed by atoms with Crippen LogP contribution in [0.1, 0.15) is 0 Å². The van der Waals surface area contributed by atoms with E-state index in [1.54, 1.807) is 0 Å². The van der Waals surface area contributed by atoms with Crippen LogP contribution in [0.5, 0.6) is 0 Å². The monoisotopic (exact) mass is 676 g/mol. The van der Waals surface area contributed by atoms with Gasteiger partial charge in [-0.05, 0) is 70.4 Å². The Kier molecular flexibility index (Phi) is 7.43. The predicted octanol–water partition coefficient (Wildman–Crippen LogP) is 12.5. The first kappa shape index (κ1) is 30.6. The number of pyridine rings is 1. The van der Waals surface area contributed by atoms with E-state index in [4.69, 9.17) is 15.0 Å². The molecular formula is C49H32N4. The fourth-order valence-corrected chi connectivity index (χ4v) is 7.36. The van der Waals surface area contributed by atoms with Crippen molar-refractivity contribution in [2.24, 2.45) is 0 Å². The maximum Gasteiger partial charge on any atom is 0.160 e. The van der Waals surface area contributed by atoms with Gasteiger partial charge in [-0.3, -0.25) is 4.98 Å². The van der Waals surface area contributed by atoms with Crippen molar-refractivity contribution < 1.29 is 0 Å². The van der Waals surface area contributed by atoms with E-state index in [1.165, 1.54) is 38.1 Å². The minimum atomic E-state index is 0.669. The summed E-state index contributed by atoms with van der Waals surface area (Å²) in [5.41, 5.74) is 12.4. The molecule has 0 atom stereocenters. The molecule has 53 heavy (non-hydrogen) atoms. The molecule has 0 unspecified atom stereocenters. The van der Waals surface area contributed by atoms with Gasteiger partial charge in [0.15, 0.2) is 5.82 Å². The van der Waals surface area contributed by atoms with Gasteiger partial charge in [-0.25, -0.2) is 9.97 Å². The summed E-state index contributed by atoms with van der Waals surface area (Å²) in [5, 5.41) is 4.91. The number of rotatable bonds is 6. The fourth-order valence-electron chi connectivity index (χ4n) is 7.36. The molecule has 4 heteroatoms. The van der Waals surface area contributed by atoms with Crippen LogP contribution < -0.4 is 0 Å². The third kappa shape index (κ3) is 5.63. The molecule has 0 fully saturated rings. The lowest BCUT2D eigenvalue weighted by Gasteiger charge is -2.12.